The lowest BCUT2D eigenvalue weighted by molar-refractivity contribution is -0.136. The van der Waals surface area contributed by atoms with Gasteiger partial charge in [-0.2, -0.15) is 0 Å². The van der Waals surface area contributed by atoms with Crippen LogP contribution >= 0.6 is 58.0 Å². The van der Waals surface area contributed by atoms with Gasteiger partial charge in [-0.1, -0.05) is 70.1 Å². The summed E-state index contributed by atoms with van der Waals surface area (Å²) in [4.78, 5) is 25.2. The molecule has 2 aromatic rings. The number of esters is 1. The number of alkyl carbamates (subject to hydrolysis) is 1. The van der Waals surface area contributed by atoms with E-state index in [-0.39, 0.29) is 43.0 Å². The largest absolute Gasteiger partial charge is 0.508 e. The second-order valence-corrected chi connectivity index (χ2v) is 9.28. The number of rotatable bonds is 5. The molecule has 0 radical (unpaired) electrons. The van der Waals surface area contributed by atoms with Gasteiger partial charge in [0.25, 0.3) is 0 Å². The zero-order chi connectivity index (χ0) is 23.5. The molecule has 0 aliphatic rings. The van der Waals surface area contributed by atoms with E-state index in [0.29, 0.717) is 5.56 Å². The van der Waals surface area contributed by atoms with Crippen LogP contribution in [0.25, 0.3) is 0 Å². The molecule has 6 nitrogen and oxygen atoms in total. The highest BCUT2D eigenvalue weighted by atomic mass is 35.5. The van der Waals surface area contributed by atoms with Gasteiger partial charge in [0, 0.05) is 6.42 Å². The van der Waals surface area contributed by atoms with Crippen LogP contribution in [0.5, 0.6) is 11.5 Å². The van der Waals surface area contributed by atoms with Gasteiger partial charge in [-0.15, -0.1) is 0 Å². The summed E-state index contributed by atoms with van der Waals surface area (Å²) in [6.07, 6.45) is -0.819. The molecule has 0 aromatic heterocycles. The fourth-order valence-electron chi connectivity index (χ4n) is 2.36. The SMILES string of the molecule is CC(C)(C)OC(=O)NC(Cc1ccc(O)cc1)C(=O)Oc1c(Cl)c(Cl)c(Cl)c(Cl)c1Cl. The van der Waals surface area contributed by atoms with E-state index in [1.54, 1.807) is 32.9 Å². The Morgan fingerprint density at radius 2 is 1.42 bits per heavy atom. The number of amides is 1. The maximum absolute atomic E-state index is 12.9. The number of carbonyl (C=O) groups excluding carboxylic acids is 2. The molecule has 31 heavy (non-hydrogen) atoms. The Labute approximate surface area is 204 Å². The highest BCUT2D eigenvalue weighted by Gasteiger charge is 2.29. The van der Waals surface area contributed by atoms with Crippen LogP contribution in [0.15, 0.2) is 24.3 Å². The van der Waals surface area contributed by atoms with Crippen LogP contribution in [0.4, 0.5) is 4.79 Å². The molecule has 168 valence electrons. The van der Waals surface area contributed by atoms with Crippen LogP contribution in [-0.2, 0) is 16.0 Å². The van der Waals surface area contributed by atoms with Crippen molar-refractivity contribution < 1.29 is 24.2 Å². The van der Waals surface area contributed by atoms with Gasteiger partial charge in [-0.05, 0) is 38.5 Å². The Morgan fingerprint density at radius 1 is 0.935 bits per heavy atom. The third-order valence-electron chi connectivity index (χ3n) is 3.72. The van der Waals surface area contributed by atoms with Gasteiger partial charge < -0.3 is 19.9 Å². The Kier molecular flexibility index (Phi) is 8.59. The molecule has 2 rings (SSSR count). The van der Waals surface area contributed by atoms with Gasteiger partial charge in [0.2, 0.25) is 0 Å². The molecule has 1 unspecified atom stereocenters. The standard InChI is InChI=1S/C20H18Cl5NO5/c1-20(2,3)31-19(29)26-11(8-9-4-6-10(27)7-5-9)18(28)30-17-15(24)13(22)12(21)14(23)16(17)25/h4-7,11,27H,8H2,1-3H3,(H,26,29). The minimum atomic E-state index is -1.19. The monoisotopic (exact) mass is 527 g/mol. The van der Waals surface area contributed by atoms with E-state index >= 15 is 0 Å². The molecule has 0 aliphatic carbocycles. The predicted octanol–water partition coefficient (Wildman–Crippen LogP) is 6.70. The van der Waals surface area contributed by atoms with Crippen molar-refractivity contribution in [2.45, 2.75) is 38.8 Å². The Hall–Kier alpha value is -1.57. The van der Waals surface area contributed by atoms with Crippen molar-refractivity contribution in [3.05, 3.63) is 54.9 Å². The molecular formula is C20H18Cl5NO5. The van der Waals surface area contributed by atoms with Gasteiger partial charge >= 0.3 is 12.1 Å². The maximum atomic E-state index is 12.9. The second-order valence-electron chi connectivity index (χ2n) is 7.39. The number of carbonyl (C=O) groups is 2. The lowest BCUT2D eigenvalue weighted by Gasteiger charge is -2.23. The van der Waals surface area contributed by atoms with Crippen LogP contribution < -0.4 is 10.1 Å². The summed E-state index contributed by atoms with van der Waals surface area (Å²) in [5, 5.41) is 11.1. The highest BCUT2D eigenvalue weighted by Crippen LogP contribution is 2.48. The number of phenolic OH excluding ortho intramolecular Hbond substituents is 1. The molecule has 1 amide bonds. The van der Waals surface area contributed by atoms with Crippen molar-refractivity contribution in [3.8, 4) is 11.5 Å². The Balaban J connectivity index is 2.33. The average Bonchev–Trinajstić information content (AvgIpc) is 2.67. The molecule has 1 atom stereocenters. The fraction of sp³-hybridized carbons (Fsp3) is 0.300. The molecule has 0 aliphatic heterocycles. The fourth-order valence-corrected chi connectivity index (χ4v) is 3.56. The molecule has 0 saturated carbocycles. The molecule has 0 bridgehead atoms. The van der Waals surface area contributed by atoms with Crippen molar-refractivity contribution in [2.24, 2.45) is 0 Å². The maximum Gasteiger partial charge on any atom is 0.408 e. The summed E-state index contributed by atoms with van der Waals surface area (Å²) in [6.45, 7) is 5.03. The Bertz CT molecular complexity index is 960. The lowest BCUT2D eigenvalue weighted by atomic mass is 10.1. The van der Waals surface area contributed by atoms with Gasteiger partial charge in [-0.3, -0.25) is 0 Å². The second kappa shape index (κ2) is 10.4. The highest BCUT2D eigenvalue weighted by molar-refractivity contribution is 6.55. The summed E-state index contributed by atoms with van der Waals surface area (Å²) >= 11 is 30.2. The number of phenols is 1. The van der Waals surface area contributed by atoms with Gasteiger partial charge in [0.05, 0.1) is 15.1 Å². The predicted molar refractivity (Wildman–Crippen MR) is 122 cm³/mol. The average molecular weight is 530 g/mol. The first-order valence-corrected chi connectivity index (χ1v) is 10.7. The van der Waals surface area contributed by atoms with Gasteiger partial charge in [-0.25, -0.2) is 9.59 Å². The normalized spacial score (nSPS) is 12.3. The van der Waals surface area contributed by atoms with Crippen LogP contribution in [-0.4, -0.2) is 28.8 Å². The van der Waals surface area contributed by atoms with E-state index < -0.39 is 23.7 Å². The summed E-state index contributed by atoms with van der Waals surface area (Å²) in [6, 6.07) is 4.86. The van der Waals surface area contributed by atoms with Crippen molar-refractivity contribution in [1.82, 2.24) is 5.32 Å². The smallest absolute Gasteiger partial charge is 0.408 e. The van der Waals surface area contributed by atoms with Crippen molar-refractivity contribution >= 4 is 70.1 Å². The molecule has 0 fully saturated rings. The zero-order valence-electron chi connectivity index (χ0n) is 16.6. The molecule has 2 aromatic carbocycles. The molecule has 11 heteroatoms. The number of nitrogens with one attached hydrogen (secondary N) is 1. The van der Waals surface area contributed by atoms with E-state index in [9.17, 15) is 14.7 Å². The summed E-state index contributed by atoms with van der Waals surface area (Å²) in [7, 11) is 0. The number of halogens is 5. The topological polar surface area (TPSA) is 84.9 Å². The van der Waals surface area contributed by atoms with Gasteiger partial charge in [0.15, 0.2) is 5.75 Å². The van der Waals surface area contributed by atoms with E-state index in [0.717, 1.165) is 0 Å². The van der Waals surface area contributed by atoms with Crippen molar-refractivity contribution in [2.75, 3.05) is 0 Å². The molecule has 2 N–H and O–H groups in total. The molecule has 0 spiro atoms. The Morgan fingerprint density at radius 3 is 1.90 bits per heavy atom. The van der Waals surface area contributed by atoms with Crippen LogP contribution in [0.2, 0.25) is 25.1 Å². The van der Waals surface area contributed by atoms with Crippen LogP contribution in [0.1, 0.15) is 26.3 Å². The van der Waals surface area contributed by atoms with E-state index in [1.807, 2.05) is 0 Å². The zero-order valence-corrected chi connectivity index (χ0v) is 20.3. The third kappa shape index (κ3) is 6.96. The van der Waals surface area contributed by atoms with E-state index in [4.69, 9.17) is 67.5 Å². The molecule has 0 heterocycles. The number of benzene rings is 2. The lowest BCUT2D eigenvalue weighted by Crippen LogP contribution is -2.46. The van der Waals surface area contributed by atoms with Crippen LogP contribution in [0, 0.1) is 0 Å². The minimum Gasteiger partial charge on any atom is -0.508 e. The summed E-state index contributed by atoms with van der Waals surface area (Å²) in [5.74, 6) is -1.15. The van der Waals surface area contributed by atoms with E-state index in [1.165, 1.54) is 12.1 Å². The number of hydrogen-bond donors (Lipinski definition) is 2. The number of aromatic hydroxyl groups is 1. The first-order valence-electron chi connectivity index (χ1n) is 8.80. The summed E-state index contributed by atoms with van der Waals surface area (Å²) in [5.41, 5.74) is -0.166. The third-order valence-corrected chi connectivity index (χ3v) is 5.97. The summed E-state index contributed by atoms with van der Waals surface area (Å²) < 4.78 is 10.5. The quantitative estimate of drug-likeness (QED) is 0.195. The van der Waals surface area contributed by atoms with Crippen molar-refractivity contribution in [3.63, 3.8) is 0 Å². The van der Waals surface area contributed by atoms with Gasteiger partial charge in [0.1, 0.15) is 27.4 Å². The number of ether oxygens (including phenoxy) is 2. The molecular weight excluding hydrogens is 511 g/mol. The first kappa shape index (κ1) is 25.7. The molecule has 0 saturated heterocycles. The first-order chi connectivity index (χ1) is 14.3. The minimum absolute atomic E-state index is 0.0165. The van der Waals surface area contributed by atoms with E-state index in [2.05, 4.69) is 5.32 Å². The number of hydrogen-bond acceptors (Lipinski definition) is 5. The van der Waals surface area contributed by atoms with Crippen LogP contribution in [0.3, 0.4) is 0 Å². The van der Waals surface area contributed by atoms with Crippen molar-refractivity contribution in [1.29, 1.82) is 0 Å².